The van der Waals surface area contributed by atoms with E-state index in [2.05, 4.69) is 64.1 Å². The van der Waals surface area contributed by atoms with E-state index in [1.807, 2.05) is 4.40 Å². The summed E-state index contributed by atoms with van der Waals surface area (Å²) in [5, 5.41) is 0. The molecule has 108 valence electrons. The number of pyridine rings is 1. The lowest BCUT2D eigenvalue weighted by Gasteiger charge is -2.06. The molecule has 2 N–H and O–H groups in total. The third-order valence-corrected chi connectivity index (χ3v) is 3.94. The highest BCUT2D eigenvalue weighted by Gasteiger charge is 2.13. The number of nitrogens with zero attached hydrogens (tertiary/aromatic N) is 2. The number of benzene rings is 1. The molecule has 0 fully saturated rings. The first-order chi connectivity index (χ1) is 9.97. The van der Waals surface area contributed by atoms with Crippen LogP contribution in [0.1, 0.15) is 36.6 Å². The fourth-order valence-corrected chi connectivity index (χ4v) is 2.80. The maximum absolute atomic E-state index is 6.32. The summed E-state index contributed by atoms with van der Waals surface area (Å²) in [6.07, 6.45) is 0. The number of nitrogens with two attached hydrogens (primary N) is 1. The molecule has 2 aromatic heterocycles. The van der Waals surface area contributed by atoms with Crippen molar-refractivity contribution in [1.82, 2.24) is 9.38 Å². The summed E-state index contributed by atoms with van der Waals surface area (Å²) in [5.74, 6) is 1.24. The summed E-state index contributed by atoms with van der Waals surface area (Å²) in [4.78, 5) is 4.72. The molecule has 0 amide bonds. The highest BCUT2D eigenvalue weighted by atomic mass is 15.1. The van der Waals surface area contributed by atoms with E-state index < -0.39 is 0 Å². The third-order valence-electron chi connectivity index (χ3n) is 3.94. The van der Waals surface area contributed by atoms with E-state index in [0.717, 1.165) is 22.6 Å². The first-order valence-electron chi connectivity index (χ1n) is 7.33. The number of hydrogen-bond acceptors (Lipinski definition) is 2. The van der Waals surface area contributed by atoms with E-state index in [-0.39, 0.29) is 0 Å². The van der Waals surface area contributed by atoms with Gasteiger partial charge in [0.25, 0.3) is 0 Å². The second kappa shape index (κ2) is 4.92. The monoisotopic (exact) mass is 279 g/mol. The van der Waals surface area contributed by atoms with Crippen LogP contribution >= 0.6 is 0 Å². The number of fused-ring (bicyclic) bond motifs is 1. The molecule has 0 aliphatic heterocycles. The molecule has 0 saturated heterocycles. The van der Waals surface area contributed by atoms with Crippen LogP contribution in [0.3, 0.4) is 0 Å². The molecular formula is C18H21N3. The lowest BCUT2D eigenvalue weighted by Crippen LogP contribution is -1.98. The van der Waals surface area contributed by atoms with Gasteiger partial charge >= 0.3 is 0 Å². The van der Waals surface area contributed by atoms with Crippen LogP contribution in [0.4, 0.5) is 5.82 Å². The van der Waals surface area contributed by atoms with Crippen molar-refractivity contribution in [1.29, 1.82) is 0 Å². The van der Waals surface area contributed by atoms with Gasteiger partial charge in [-0.15, -0.1) is 0 Å². The number of aromatic nitrogens is 2. The van der Waals surface area contributed by atoms with E-state index in [4.69, 9.17) is 10.7 Å². The number of aryl methyl sites for hydroxylation is 2. The largest absolute Gasteiger partial charge is 0.383 e. The van der Waals surface area contributed by atoms with Gasteiger partial charge in [-0.05, 0) is 43.0 Å². The van der Waals surface area contributed by atoms with Crippen LogP contribution in [-0.2, 0) is 0 Å². The van der Waals surface area contributed by atoms with Gasteiger partial charge in [-0.2, -0.15) is 0 Å². The lowest BCUT2D eigenvalue weighted by molar-refractivity contribution is 0.867. The summed E-state index contributed by atoms with van der Waals surface area (Å²) < 4.78 is 2.01. The minimum absolute atomic E-state index is 0.530. The Morgan fingerprint density at radius 1 is 1.05 bits per heavy atom. The molecule has 3 aromatic rings. The van der Waals surface area contributed by atoms with Gasteiger partial charge in [0.1, 0.15) is 17.2 Å². The van der Waals surface area contributed by atoms with Crippen LogP contribution in [0.2, 0.25) is 0 Å². The Morgan fingerprint density at radius 2 is 1.71 bits per heavy atom. The topological polar surface area (TPSA) is 43.3 Å². The van der Waals surface area contributed by atoms with E-state index >= 15 is 0 Å². The molecule has 3 nitrogen and oxygen atoms in total. The van der Waals surface area contributed by atoms with Crippen molar-refractivity contribution in [3.05, 3.63) is 53.2 Å². The van der Waals surface area contributed by atoms with Crippen molar-refractivity contribution < 1.29 is 0 Å². The van der Waals surface area contributed by atoms with Gasteiger partial charge in [0.05, 0.1) is 0 Å². The van der Waals surface area contributed by atoms with Gasteiger partial charge in [-0.25, -0.2) is 4.98 Å². The van der Waals surface area contributed by atoms with Crippen molar-refractivity contribution in [2.75, 3.05) is 5.73 Å². The maximum Gasteiger partial charge on any atom is 0.139 e. The average Bonchev–Trinajstić information content (AvgIpc) is 2.76. The number of rotatable bonds is 2. The number of nitrogen functional groups attached to an aromatic ring is 1. The first kappa shape index (κ1) is 13.7. The Bertz CT molecular complexity index is 795. The third kappa shape index (κ3) is 2.29. The molecule has 0 aliphatic rings. The van der Waals surface area contributed by atoms with Crippen molar-refractivity contribution in [3.63, 3.8) is 0 Å². The van der Waals surface area contributed by atoms with Crippen molar-refractivity contribution in [3.8, 4) is 11.3 Å². The molecule has 0 aliphatic carbocycles. The van der Waals surface area contributed by atoms with Crippen LogP contribution in [-0.4, -0.2) is 9.38 Å². The summed E-state index contributed by atoms with van der Waals surface area (Å²) in [5.41, 5.74) is 12.8. The van der Waals surface area contributed by atoms with Crippen LogP contribution in [0, 0.1) is 13.8 Å². The summed E-state index contributed by atoms with van der Waals surface area (Å²) in [6.45, 7) is 8.53. The summed E-state index contributed by atoms with van der Waals surface area (Å²) in [7, 11) is 0. The fraction of sp³-hybridized carbons (Fsp3) is 0.278. The van der Waals surface area contributed by atoms with E-state index in [1.54, 1.807) is 0 Å². The highest BCUT2D eigenvalue weighted by Crippen LogP contribution is 2.29. The van der Waals surface area contributed by atoms with Gasteiger partial charge in [-0.1, -0.05) is 38.1 Å². The molecular weight excluding hydrogens is 258 g/mol. The Balaban J connectivity index is 2.16. The van der Waals surface area contributed by atoms with Crippen LogP contribution in [0.5, 0.6) is 0 Å². The normalized spacial score (nSPS) is 11.5. The molecule has 0 bridgehead atoms. The molecule has 2 heterocycles. The van der Waals surface area contributed by atoms with Gasteiger partial charge < -0.3 is 5.73 Å². The Morgan fingerprint density at radius 3 is 2.33 bits per heavy atom. The first-order valence-corrected chi connectivity index (χ1v) is 7.33. The standard InChI is InChI=1S/C18H21N3/c1-11(2)14-5-7-15(8-6-14)17-18(19)21-13(4)9-12(3)10-16(21)20-17/h5-11H,19H2,1-4H3. The molecule has 0 unspecified atom stereocenters. The van der Waals surface area contributed by atoms with Crippen molar-refractivity contribution >= 4 is 11.5 Å². The maximum atomic E-state index is 6.32. The van der Waals surface area contributed by atoms with E-state index in [0.29, 0.717) is 11.7 Å². The Kier molecular flexibility index (Phi) is 3.20. The zero-order chi connectivity index (χ0) is 15.1. The van der Waals surface area contributed by atoms with Crippen LogP contribution in [0.15, 0.2) is 36.4 Å². The second-order valence-electron chi connectivity index (χ2n) is 5.99. The molecule has 0 saturated carbocycles. The van der Waals surface area contributed by atoms with Gasteiger partial charge in [0.2, 0.25) is 0 Å². The van der Waals surface area contributed by atoms with Gasteiger partial charge in [0, 0.05) is 11.3 Å². The highest BCUT2D eigenvalue weighted by molar-refractivity contribution is 5.75. The van der Waals surface area contributed by atoms with E-state index in [1.165, 1.54) is 11.1 Å². The van der Waals surface area contributed by atoms with Gasteiger partial charge in [0.15, 0.2) is 0 Å². The smallest absolute Gasteiger partial charge is 0.139 e. The molecule has 3 heteroatoms. The zero-order valence-electron chi connectivity index (χ0n) is 13.0. The Labute approximate surface area is 125 Å². The molecule has 0 spiro atoms. The second-order valence-corrected chi connectivity index (χ2v) is 5.99. The lowest BCUT2D eigenvalue weighted by atomic mass is 10.0. The van der Waals surface area contributed by atoms with Gasteiger partial charge in [-0.3, -0.25) is 4.40 Å². The minimum Gasteiger partial charge on any atom is -0.383 e. The molecule has 3 rings (SSSR count). The molecule has 0 atom stereocenters. The predicted octanol–water partition coefficient (Wildman–Crippen LogP) is 4.32. The van der Waals surface area contributed by atoms with E-state index in [9.17, 15) is 0 Å². The Hall–Kier alpha value is -2.29. The van der Waals surface area contributed by atoms with Crippen LogP contribution in [0.25, 0.3) is 16.9 Å². The number of anilines is 1. The molecule has 0 radical (unpaired) electrons. The predicted molar refractivity (Wildman–Crippen MR) is 88.6 cm³/mol. The zero-order valence-corrected chi connectivity index (χ0v) is 13.0. The summed E-state index contributed by atoms with van der Waals surface area (Å²) in [6, 6.07) is 12.7. The molecule has 1 aromatic carbocycles. The quantitative estimate of drug-likeness (QED) is 0.759. The SMILES string of the molecule is Cc1cc(C)n2c(N)c(-c3ccc(C(C)C)cc3)nc2c1. The number of hydrogen-bond donors (Lipinski definition) is 1. The minimum atomic E-state index is 0.530. The van der Waals surface area contributed by atoms with Crippen molar-refractivity contribution in [2.24, 2.45) is 0 Å². The van der Waals surface area contributed by atoms with Crippen molar-refractivity contribution in [2.45, 2.75) is 33.6 Å². The number of imidazole rings is 1. The van der Waals surface area contributed by atoms with Crippen LogP contribution < -0.4 is 5.73 Å². The molecule has 21 heavy (non-hydrogen) atoms. The average molecular weight is 279 g/mol. The summed E-state index contributed by atoms with van der Waals surface area (Å²) >= 11 is 0. The fourth-order valence-electron chi connectivity index (χ4n) is 2.80.